The number of hydrogen-bond donors (Lipinski definition) is 2. The molecule has 6 rings (SSSR count). The topological polar surface area (TPSA) is 24.1 Å². The Bertz CT molecular complexity index is 1270. The van der Waals surface area contributed by atoms with Crippen molar-refractivity contribution in [3.05, 3.63) is 193 Å². The van der Waals surface area contributed by atoms with Crippen LogP contribution < -0.4 is 10.6 Å². The molecule has 0 unspecified atom stereocenters. The van der Waals surface area contributed by atoms with Crippen molar-refractivity contribution >= 4 is 22.7 Å². The van der Waals surface area contributed by atoms with Crippen LogP contribution in [0.15, 0.2) is 182 Å². The maximum atomic E-state index is 3.34. The molecule has 0 aliphatic rings. The summed E-state index contributed by atoms with van der Waals surface area (Å²) in [5.74, 6) is 0. The van der Waals surface area contributed by atoms with E-state index in [1.165, 1.54) is 11.1 Å². The Hall–Kier alpha value is -5.08. The summed E-state index contributed by atoms with van der Waals surface area (Å²) in [7, 11) is 0. The van der Waals surface area contributed by atoms with Crippen LogP contribution >= 0.6 is 0 Å². The van der Waals surface area contributed by atoms with Crippen LogP contribution in [0.5, 0.6) is 0 Å². The average molecular weight is 523 g/mol. The lowest BCUT2D eigenvalue weighted by Gasteiger charge is -2.06. The van der Waals surface area contributed by atoms with Crippen molar-refractivity contribution in [1.82, 2.24) is 0 Å². The molecule has 2 nitrogen and oxygen atoms in total. The van der Waals surface area contributed by atoms with E-state index in [0.29, 0.717) is 0 Å². The van der Waals surface area contributed by atoms with Gasteiger partial charge in [0.2, 0.25) is 0 Å². The minimum atomic E-state index is 1.12. The standard InChI is InChI=1S/2C13H13N.2C6H6/c2*1-11-6-5-9-13(10-11)14-12-7-3-2-4-8-12;2*1-2-4-6-5-3-1/h2*2-10,14H,1H3;2*1-6H. The second-order valence-corrected chi connectivity index (χ2v) is 9.03. The summed E-state index contributed by atoms with van der Waals surface area (Å²) in [6.07, 6.45) is 0. The number of anilines is 4. The van der Waals surface area contributed by atoms with Gasteiger partial charge >= 0.3 is 0 Å². The summed E-state index contributed by atoms with van der Waals surface area (Å²) >= 11 is 0. The van der Waals surface area contributed by atoms with Crippen LogP contribution in [0.1, 0.15) is 11.1 Å². The zero-order valence-corrected chi connectivity index (χ0v) is 23.3. The van der Waals surface area contributed by atoms with Crippen LogP contribution in [0.2, 0.25) is 0 Å². The SMILES string of the molecule is Cc1cccc(Nc2ccccc2)c1.Cc1cccc(Nc2ccccc2)c1.c1ccccc1.c1ccccc1. The lowest BCUT2D eigenvalue weighted by molar-refractivity contribution is 1.45. The molecule has 2 N–H and O–H groups in total. The molecule has 0 spiro atoms. The molecule has 0 fully saturated rings. The normalized spacial score (nSPS) is 9.25. The molecule has 0 aliphatic carbocycles. The molecule has 0 atom stereocenters. The van der Waals surface area contributed by atoms with Crippen LogP contribution in [0, 0.1) is 13.8 Å². The largest absolute Gasteiger partial charge is 0.356 e. The van der Waals surface area contributed by atoms with Gasteiger partial charge in [-0.3, -0.25) is 0 Å². The van der Waals surface area contributed by atoms with Crippen molar-refractivity contribution in [2.75, 3.05) is 10.6 Å². The Balaban J connectivity index is 0.000000158. The summed E-state index contributed by atoms with van der Waals surface area (Å²) in [6, 6.07) is 61.1. The highest BCUT2D eigenvalue weighted by Gasteiger charge is 1.93. The second-order valence-electron chi connectivity index (χ2n) is 9.03. The van der Waals surface area contributed by atoms with E-state index in [0.717, 1.165) is 22.7 Å². The Labute approximate surface area is 240 Å². The van der Waals surface area contributed by atoms with E-state index in [9.17, 15) is 0 Å². The van der Waals surface area contributed by atoms with Crippen molar-refractivity contribution in [1.29, 1.82) is 0 Å². The highest BCUT2D eigenvalue weighted by molar-refractivity contribution is 5.60. The van der Waals surface area contributed by atoms with Crippen molar-refractivity contribution in [2.45, 2.75) is 13.8 Å². The predicted octanol–water partition coefficient (Wildman–Crippen LogP) is 10.9. The van der Waals surface area contributed by atoms with Gasteiger partial charge in [0.25, 0.3) is 0 Å². The smallest absolute Gasteiger partial charge is 0.0386 e. The van der Waals surface area contributed by atoms with E-state index in [1.54, 1.807) is 0 Å². The first-order chi connectivity index (χ1) is 19.7. The molecular formula is C38H38N2. The number of benzene rings is 6. The quantitative estimate of drug-likeness (QED) is 0.241. The van der Waals surface area contributed by atoms with Crippen LogP contribution in [0.25, 0.3) is 0 Å². The third kappa shape index (κ3) is 12.9. The number of para-hydroxylation sites is 2. The van der Waals surface area contributed by atoms with Crippen LogP contribution in [0.3, 0.4) is 0 Å². The summed E-state index contributed by atoms with van der Waals surface area (Å²) in [6.45, 7) is 4.19. The third-order valence-electron chi connectivity index (χ3n) is 5.49. The molecule has 0 aliphatic heterocycles. The van der Waals surface area contributed by atoms with Gasteiger partial charge in [-0.1, -0.05) is 133 Å². The van der Waals surface area contributed by atoms with Gasteiger partial charge in [-0.2, -0.15) is 0 Å². The molecule has 0 saturated carbocycles. The van der Waals surface area contributed by atoms with Crippen LogP contribution in [-0.2, 0) is 0 Å². The molecule has 200 valence electrons. The second kappa shape index (κ2) is 18.2. The maximum absolute atomic E-state index is 3.34. The van der Waals surface area contributed by atoms with Gasteiger partial charge in [0.15, 0.2) is 0 Å². The first kappa shape index (κ1) is 29.5. The lowest BCUT2D eigenvalue weighted by atomic mass is 10.2. The Kier molecular flexibility index (Phi) is 13.4. The minimum absolute atomic E-state index is 1.12. The van der Waals surface area contributed by atoms with Gasteiger partial charge in [-0.15, -0.1) is 0 Å². The fraction of sp³-hybridized carbons (Fsp3) is 0.0526. The van der Waals surface area contributed by atoms with Crippen molar-refractivity contribution < 1.29 is 0 Å². The summed E-state index contributed by atoms with van der Waals surface area (Å²) < 4.78 is 0. The summed E-state index contributed by atoms with van der Waals surface area (Å²) in [5.41, 5.74) is 7.06. The molecule has 0 bridgehead atoms. The fourth-order valence-corrected chi connectivity index (χ4v) is 3.59. The van der Waals surface area contributed by atoms with E-state index in [4.69, 9.17) is 0 Å². The Morgan fingerprint density at radius 3 is 0.800 bits per heavy atom. The van der Waals surface area contributed by atoms with Gasteiger partial charge in [-0.25, -0.2) is 0 Å². The van der Waals surface area contributed by atoms with E-state index >= 15 is 0 Å². The third-order valence-corrected chi connectivity index (χ3v) is 5.49. The highest BCUT2D eigenvalue weighted by atomic mass is 14.9. The average Bonchev–Trinajstić information content (AvgIpc) is 3.01. The molecule has 0 aromatic heterocycles. The van der Waals surface area contributed by atoms with Crippen molar-refractivity contribution in [2.24, 2.45) is 0 Å². The lowest BCUT2D eigenvalue weighted by Crippen LogP contribution is -1.89. The van der Waals surface area contributed by atoms with Gasteiger partial charge in [0.05, 0.1) is 0 Å². The minimum Gasteiger partial charge on any atom is -0.356 e. The van der Waals surface area contributed by atoms with E-state index < -0.39 is 0 Å². The molecule has 40 heavy (non-hydrogen) atoms. The maximum Gasteiger partial charge on any atom is 0.0386 e. The number of rotatable bonds is 4. The number of nitrogens with one attached hydrogen (secondary N) is 2. The molecule has 0 radical (unpaired) electrons. The van der Waals surface area contributed by atoms with Gasteiger partial charge < -0.3 is 10.6 Å². The zero-order chi connectivity index (χ0) is 28.1. The van der Waals surface area contributed by atoms with Crippen molar-refractivity contribution in [3.63, 3.8) is 0 Å². The monoisotopic (exact) mass is 522 g/mol. The predicted molar refractivity (Wildman–Crippen MR) is 175 cm³/mol. The van der Waals surface area contributed by atoms with Crippen LogP contribution in [0.4, 0.5) is 22.7 Å². The highest BCUT2D eigenvalue weighted by Crippen LogP contribution is 2.17. The van der Waals surface area contributed by atoms with E-state index in [-0.39, 0.29) is 0 Å². The number of aryl methyl sites for hydroxylation is 2. The van der Waals surface area contributed by atoms with E-state index in [2.05, 4.69) is 97.3 Å². The van der Waals surface area contributed by atoms with Gasteiger partial charge in [0, 0.05) is 22.7 Å². The molecule has 0 saturated heterocycles. The molecule has 0 amide bonds. The summed E-state index contributed by atoms with van der Waals surface area (Å²) in [5, 5.41) is 6.69. The van der Waals surface area contributed by atoms with E-state index in [1.807, 2.05) is 109 Å². The van der Waals surface area contributed by atoms with Crippen LogP contribution in [-0.4, -0.2) is 0 Å². The molecule has 6 aromatic carbocycles. The molecule has 2 heteroatoms. The van der Waals surface area contributed by atoms with Crippen molar-refractivity contribution in [3.8, 4) is 0 Å². The molecule has 0 heterocycles. The zero-order valence-electron chi connectivity index (χ0n) is 23.3. The molecule has 6 aromatic rings. The fourth-order valence-electron chi connectivity index (χ4n) is 3.59. The Morgan fingerprint density at radius 1 is 0.275 bits per heavy atom. The Morgan fingerprint density at radius 2 is 0.525 bits per heavy atom. The summed E-state index contributed by atoms with van der Waals surface area (Å²) in [4.78, 5) is 0. The first-order valence-electron chi connectivity index (χ1n) is 13.5. The number of hydrogen-bond acceptors (Lipinski definition) is 2. The van der Waals surface area contributed by atoms with Gasteiger partial charge in [-0.05, 0) is 73.5 Å². The molecular weight excluding hydrogens is 484 g/mol. The van der Waals surface area contributed by atoms with Gasteiger partial charge in [0.1, 0.15) is 0 Å². The first-order valence-corrected chi connectivity index (χ1v) is 13.5.